The Kier molecular flexibility index (Phi) is 6.72. The Bertz CT molecular complexity index is 886. The molecule has 2 N–H and O–H groups in total. The van der Waals surface area contributed by atoms with Crippen molar-refractivity contribution in [3.8, 4) is 0 Å². The minimum Gasteiger partial charge on any atom is -0.383 e. The number of likely N-dealkylation sites (tertiary alicyclic amines) is 1. The second-order valence-corrected chi connectivity index (χ2v) is 11.6. The molecule has 0 unspecified atom stereocenters. The monoisotopic (exact) mass is 487 g/mol. The number of methoxy groups -OCH3 is 1. The van der Waals surface area contributed by atoms with E-state index in [1.54, 1.807) is 12.0 Å². The normalized spacial score (nSPS) is 40.7. The van der Waals surface area contributed by atoms with Gasteiger partial charge in [0.05, 0.1) is 24.0 Å². The Morgan fingerprint density at radius 3 is 2.49 bits per heavy atom. The number of nitrogens with one attached hydrogen (secondary N) is 2. The number of rotatable bonds is 7. The average Bonchev–Trinajstić information content (AvgIpc) is 3.40. The van der Waals surface area contributed by atoms with Gasteiger partial charge in [-0.25, -0.2) is 0 Å². The van der Waals surface area contributed by atoms with Crippen LogP contribution in [0.1, 0.15) is 71.6 Å². The summed E-state index contributed by atoms with van der Waals surface area (Å²) in [6, 6.07) is -0.567. The number of ether oxygens (including phenoxy) is 2. The van der Waals surface area contributed by atoms with E-state index in [2.05, 4.69) is 17.6 Å². The van der Waals surface area contributed by atoms with Crippen LogP contribution < -0.4 is 10.6 Å². The molecule has 0 radical (unpaired) electrons. The van der Waals surface area contributed by atoms with Crippen LogP contribution >= 0.6 is 0 Å². The molecule has 35 heavy (non-hydrogen) atoms. The molecule has 2 bridgehead atoms. The summed E-state index contributed by atoms with van der Waals surface area (Å²) in [7, 11) is 1.58. The number of hydrogen-bond acceptors (Lipinski definition) is 5. The van der Waals surface area contributed by atoms with E-state index in [-0.39, 0.29) is 36.3 Å². The highest BCUT2D eigenvalue weighted by molar-refractivity contribution is 6.00. The lowest BCUT2D eigenvalue weighted by Gasteiger charge is -2.35. The molecule has 0 aromatic carbocycles. The summed E-state index contributed by atoms with van der Waals surface area (Å²) in [6.07, 6.45) is 13.5. The summed E-state index contributed by atoms with van der Waals surface area (Å²) in [4.78, 5) is 43.0. The van der Waals surface area contributed by atoms with Crippen molar-refractivity contribution in [2.24, 2.45) is 17.8 Å². The first kappa shape index (κ1) is 24.8. The Morgan fingerprint density at radius 1 is 1.06 bits per heavy atom. The molecular formula is C27H41N3O5. The van der Waals surface area contributed by atoms with E-state index in [1.165, 1.54) is 12.8 Å². The maximum atomic E-state index is 13.9. The van der Waals surface area contributed by atoms with Crippen molar-refractivity contribution in [1.82, 2.24) is 15.5 Å². The summed E-state index contributed by atoms with van der Waals surface area (Å²) in [6.45, 7) is 4.68. The van der Waals surface area contributed by atoms with Gasteiger partial charge in [-0.05, 0) is 38.5 Å². The third kappa shape index (κ3) is 4.10. The van der Waals surface area contributed by atoms with E-state index in [9.17, 15) is 14.4 Å². The first-order chi connectivity index (χ1) is 16.8. The zero-order chi connectivity index (χ0) is 24.8. The third-order valence-electron chi connectivity index (χ3n) is 9.25. The van der Waals surface area contributed by atoms with Gasteiger partial charge in [-0.1, -0.05) is 51.2 Å². The average molecular weight is 488 g/mol. The standard InChI is InChI=1S/C27H41N3O5/c1-17-9-7-8-12-19(17)29-23(31)20-21-25(33)30(15-16-34-3)22(27(21)14-13-26(20,2)35-27)24(32)28-18-10-5-4-6-11-18/h13-14,17-22H,4-12,15-16H2,1-3H3,(H,28,32)(H,29,31)/t17-,19-,20-,21+,22+,26-,27+/m1/s1. The molecule has 2 saturated heterocycles. The molecular weight excluding hydrogens is 446 g/mol. The van der Waals surface area contributed by atoms with Crippen LogP contribution in [0.3, 0.4) is 0 Å². The zero-order valence-corrected chi connectivity index (χ0v) is 21.4. The van der Waals surface area contributed by atoms with E-state index >= 15 is 0 Å². The molecule has 0 aromatic heterocycles. The molecule has 5 rings (SSSR count). The highest BCUT2D eigenvalue weighted by Gasteiger charge is 2.76. The fraction of sp³-hybridized carbons (Fsp3) is 0.815. The smallest absolute Gasteiger partial charge is 0.246 e. The first-order valence-electron chi connectivity index (χ1n) is 13.6. The minimum absolute atomic E-state index is 0.116. The maximum Gasteiger partial charge on any atom is 0.246 e. The van der Waals surface area contributed by atoms with Crippen LogP contribution in [0.15, 0.2) is 12.2 Å². The van der Waals surface area contributed by atoms with Gasteiger partial charge in [-0.15, -0.1) is 0 Å². The summed E-state index contributed by atoms with van der Waals surface area (Å²) < 4.78 is 11.9. The highest BCUT2D eigenvalue weighted by Crippen LogP contribution is 2.59. The van der Waals surface area contributed by atoms with Crippen LogP contribution in [0.2, 0.25) is 0 Å². The number of carbonyl (C=O) groups excluding carboxylic acids is 3. The van der Waals surface area contributed by atoms with Gasteiger partial charge >= 0.3 is 0 Å². The number of hydrogen-bond donors (Lipinski definition) is 2. The van der Waals surface area contributed by atoms with E-state index in [1.807, 2.05) is 19.1 Å². The lowest BCUT2D eigenvalue weighted by molar-refractivity contribution is -0.146. The van der Waals surface area contributed by atoms with Gasteiger partial charge in [0.2, 0.25) is 17.7 Å². The molecule has 8 nitrogen and oxygen atoms in total. The van der Waals surface area contributed by atoms with Crippen molar-refractivity contribution in [3.63, 3.8) is 0 Å². The molecule has 7 atom stereocenters. The molecule has 0 aromatic rings. The summed E-state index contributed by atoms with van der Waals surface area (Å²) >= 11 is 0. The molecule has 1 spiro atoms. The second-order valence-electron chi connectivity index (χ2n) is 11.6. The predicted molar refractivity (Wildman–Crippen MR) is 130 cm³/mol. The SMILES string of the molecule is COCCN1C(=O)[C@@H]2[C@H](C(=O)N[C@@H]3CCCC[C@H]3C)[C@@]3(C)C=C[C@@]2(O3)[C@@H]1C(=O)NC1CCCCC1. The Morgan fingerprint density at radius 2 is 1.77 bits per heavy atom. The van der Waals surface area contributed by atoms with Crippen LogP contribution in [0.25, 0.3) is 0 Å². The molecule has 2 aliphatic carbocycles. The van der Waals surface area contributed by atoms with Crippen LogP contribution in [0, 0.1) is 17.8 Å². The maximum absolute atomic E-state index is 13.9. The molecule has 194 valence electrons. The van der Waals surface area contributed by atoms with Crippen LogP contribution in [0.5, 0.6) is 0 Å². The first-order valence-corrected chi connectivity index (χ1v) is 13.6. The van der Waals surface area contributed by atoms with E-state index < -0.39 is 29.1 Å². The van der Waals surface area contributed by atoms with Crippen molar-refractivity contribution in [2.75, 3.05) is 20.3 Å². The van der Waals surface area contributed by atoms with Gasteiger partial charge in [0.15, 0.2) is 0 Å². The van der Waals surface area contributed by atoms with Crippen molar-refractivity contribution in [1.29, 1.82) is 0 Å². The van der Waals surface area contributed by atoms with Crippen LogP contribution in [0.4, 0.5) is 0 Å². The van der Waals surface area contributed by atoms with E-state index in [4.69, 9.17) is 9.47 Å². The topological polar surface area (TPSA) is 97.0 Å². The second kappa shape index (κ2) is 9.51. The lowest BCUT2D eigenvalue weighted by Crippen LogP contribution is -2.57. The van der Waals surface area contributed by atoms with Crippen molar-refractivity contribution in [3.05, 3.63) is 12.2 Å². The Labute approximate surface area is 208 Å². The van der Waals surface area contributed by atoms with Gasteiger partial charge in [0.1, 0.15) is 11.6 Å². The highest BCUT2D eigenvalue weighted by atomic mass is 16.5. The van der Waals surface area contributed by atoms with Crippen LogP contribution in [-0.2, 0) is 23.9 Å². The molecule has 5 aliphatic rings. The van der Waals surface area contributed by atoms with Gasteiger partial charge in [0, 0.05) is 25.7 Å². The third-order valence-corrected chi connectivity index (χ3v) is 9.25. The summed E-state index contributed by atoms with van der Waals surface area (Å²) in [5.41, 5.74) is -2.03. The molecule has 4 fully saturated rings. The van der Waals surface area contributed by atoms with Gasteiger partial charge in [0.25, 0.3) is 0 Å². The molecule has 2 saturated carbocycles. The zero-order valence-electron chi connectivity index (χ0n) is 21.4. The predicted octanol–water partition coefficient (Wildman–Crippen LogP) is 2.32. The molecule has 8 heteroatoms. The quantitative estimate of drug-likeness (QED) is 0.537. The number of nitrogens with zero attached hydrogens (tertiary/aromatic N) is 1. The van der Waals surface area contributed by atoms with Crippen molar-refractivity contribution < 1.29 is 23.9 Å². The number of fused-ring (bicyclic) bond motifs is 1. The number of carbonyl (C=O) groups is 3. The summed E-state index contributed by atoms with van der Waals surface area (Å²) in [5.74, 6) is -1.45. The summed E-state index contributed by atoms with van der Waals surface area (Å²) in [5, 5.41) is 6.49. The Hall–Kier alpha value is -1.93. The van der Waals surface area contributed by atoms with E-state index in [0.717, 1.165) is 44.9 Å². The molecule has 3 aliphatic heterocycles. The molecule has 3 amide bonds. The molecule has 3 heterocycles. The minimum atomic E-state index is -1.13. The van der Waals surface area contributed by atoms with E-state index in [0.29, 0.717) is 12.5 Å². The van der Waals surface area contributed by atoms with Gasteiger partial charge < -0.3 is 25.0 Å². The Balaban J connectivity index is 1.43. The fourth-order valence-electron chi connectivity index (χ4n) is 7.39. The van der Waals surface area contributed by atoms with Crippen molar-refractivity contribution >= 4 is 17.7 Å². The van der Waals surface area contributed by atoms with Gasteiger partial charge in [-0.2, -0.15) is 0 Å². The van der Waals surface area contributed by atoms with Crippen molar-refractivity contribution in [2.45, 2.75) is 101 Å². The lowest BCUT2D eigenvalue weighted by atomic mass is 9.70. The largest absolute Gasteiger partial charge is 0.383 e. The fourth-order valence-corrected chi connectivity index (χ4v) is 7.39. The van der Waals surface area contributed by atoms with Crippen LogP contribution in [-0.4, -0.2) is 72.2 Å². The number of amides is 3. The van der Waals surface area contributed by atoms with Gasteiger partial charge in [-0.3, -0.25) is 14.4 Å².